The summed E-state index contributed by atoms with van der Waals surface area (Å²) in [7, 11) is 0. The van der Waals surface area contributed by atoms with Gasteiger partial charge in [0.2, 0.25) is 0 Å². The average Bonchev–Trinajstić information content (AvgIpc) is 2.81. The first-order valence-electron chi connectivity index (χ1n) is 6.36. The highest BCUT2D eigenvalue weighted by Crippen LogP contribution is 2.21. The molecule has 0 aromatic heterocycles. The minimum absolute atomic E-state index is 0.126. The normalized spacial score (nSPS) is 23.5. The molecule has 2 aliphatic rings. The zero-order valence-corrected chi connectivity index (χ0v) is 9.74. The van der Waals surface area contributed by atoms with Gasteiger partial charge in [-0.05, 0) is 51.6 Å². The van der Waals surface area contributed by atoms with E-state index in [4.69, 9.17) is 9.47 Å². The summed E-state index contributed by atoms with van der Waals surface area (Å²) in [5.41, 5.74) is 0. The molecule has 1 heterocycles. The van der Waals surface area contributed by atoms with Gasteiger partial charge < -0.3 is 14.8 Å². The van der Waals surface area contributed by atoms with E-state index in [1.165, 1.54) is 12.8 Å². The lowest BCUT2D eigenvalue weighted by atomic mass is 10.1. The van der Waals surface area contributed by atoms with Crippen LogP contribution in [0, 0.1) is 0 Å². The Hall–Kier alpha value is -0.610. The fourth-order valence-electron chi connectivity index (χ4n) is 2.37. The van der Waals surface area contributed by atoms with Crippen LogP contribution in [0.25, 0.3) is 0 Å². The van der Waals surface area contributed by atoms with E-state index in [1.807, 2.05) is 0 Å². The number of hydrogen-bond acceptors (Lipinski definition) is 4. The minimum atomic E-state index is -0.189. The summed E-state index contributed by atoms with van der Waals surface area (Å²) in [6, 6.07) is 0. The number of esters is 1. The highest BCUT2D eigenvalue weighted by atomic mass is 16.6. The molecule has 1 N–H and O–H groups in total. The molecule has 2 rings (SSSR count). The Bertz CT molecular complexity index is 220. The minimum Gasteiger partial charge on any atom is -0.461 e. The van der Waals surface area contributed by atoms with Crippen molar-refractivity contribution in [2.24, 2.45) is 0 Å². The van der Waals surface area contributed by atoms with E-state index in [0.29, 0.717) is 0 Å². The zero-order valence-electron chi connectivity index (χ0n) is 9.74. The van der Waals surface area contributed by atoms with Gasteiger partial charge in [0.15, 0.2) is 0 Å². The fourth-order valence-corrected chi connectivity index (χ4v) is 2.37. The smallest absolute Gasteiger partial charge is 0.332 e. The molecule has 0 spiro atoms. The molecule has 1 saturated carbocycles. The maximum absolute atomic E-state index is 11.5. The van der Waals surface area contributed by atoms with Crippen molar-refractivity contribution in [1.29, 1.82) is 0 Å². The van der Waals surface area contributed by atoms with Gasteiger partial charge in [-0.25, -0.2) is 4.79 Å². The second-order valence-electron chi connectivity index (χ2n) is 4.66. The monoisotopic (exact) mass is 227 g/mol. The molecule has 0 atom stereocenters. The second kappa shape index (κ2) is 6.21. The fraction of sp³-hybridized carbons (Fsp3) is 0.917. The van der Waals surface area contributed by atoms with Crippen molar-refractivity contribution >= 4 is 5.97 Å². The third kappa shape index (κ3) is 3.76. The number of nitrogens with one attached hydrogen (secondary N) is 1. The van der Waals surface area contributed by atoms with E-state index in [2.05, 4.69) is 5.32 Å². The number of carbonyl (C=O) groups excluding carboxylic acids is 1. The number of ether oxygens (including phenoxy) is 2. The van der Waals surface area contributed by atoms with Crippen molar-refractivity contribution in [3.63, 3.8) is 0 Å². The van der Waals surface area contributed by atoms with Crippen molar-refractivity contribution < 1.29 is 14.3 Å². The summed E-state index contributed by atoms with van der Waals surface area (Å²) in [5.74, 6) is -0.189. The lowest BCUT2D eigenvalue weighted by Gasteiger charge is -2.22. The molecule has 0 aromatic carbocycles. The summed E-state index contributed by atoms with van der Waals surface area (Å²) in [6.07, 6.45) is 6.81. The Kier molecular flexibility index (Phi) is 4.60. The number of hydrogen-bond donors (Lipinski definition) is 1. The SMILES string of the molecule is O=C(COC1CCNCC1)OC1CCCC1. The van der Waals surface area contributed by atoms with Gasteiger partial charge in [-0.1, -0.05) is 0 Å². The summed E-state index contributed by atoms with van der Waals surface area (Å²) < 4.78 is 10.9. The Labute approximate surface area is 96.7 Å². The summed E-state index contributed by atoms with van der Waals surface area (Å²) in [6.45, 7) is 2.10. The second-order valence-corrected chi connectivity index (χ2v) is 4.66. The van der Waals surface area contributed by atoms with Gasteiger partial charge in [-0.2, -0.15) is 0 Å². The van der Waals surface area contributed by atoms with Crippen LogP contribution < -0.4 is 5.32 Å². The molecular weight excluding hydrogens is 206 g/mol. The maximum Gasteiger partial charge on any atom is 0.332 e. The van der Waals surface area contributed by atoms with Gasteiger partial charge in [0.1, 0.15) is 12.7 Å². The Morgan fingerprint density at radius 3 is 2.44 bits per heavy atom. The van der Waals surface area contributed by atoms with Gasteiger partial charge in [-0.15, -0.1) is 0 Å². The first-order chi connectivity index (χ1) is 7.84. The molecule has 0 bridgehead atoms. The lowest BCUT2D eigenvalue weighted by Crippen LogP contribution is -2.34. The van der Waals surface area contributed by atoms with Gasteiger partial charge >= 0.3 is 5.97 Å². The van der Waals surface area contributed by atoms with Crippen LogP contribution in [0.4, 0.5) is 0 Å². The van der Waals surface area contributed by atoms with Crippen LogP contribution in [0.1, 0.15) is 38.5 Å². The Balaban J connectivity index is 1.59. The highest BCUT2D eigenvalue weighted by molar-refractivity contribution is 5.70. The third-order valence-corrected chi connectivity index (χ3v) is 3.32. The summed E-state index contributed by atoms with van der Waals surface area (Å²) >= 11 is 0. The van der Waals surface area contributed by atoms with Gasteiger partial charge in [-0.3, -0.25) is 0 Å². The largest absolute Gasteiger partial charge is 0.461 e. The molecule has 4 nitrogen and oxygen atoms in total. The van der Waals surface area contributed by atoms with Crippen molar-refractivity contribution in [3.05, 3.63) is 0 Å². The molecule has 1 aliphatic carbocycles. The van der Waals surface area contributed by atoms with E-state index < -0.39 is 0 Å². The topological polar surface area (TPSA) is 47.6 Å². The van der Waals surface area contributed by atoms with Crippen molar-refractivity contribution in [2.75, 3.05) is 19.7 Å². The van der Waals surface area contributed by atoms with Crippen LogP contribution in [-0.4, -0.2) is 37.9 Å². The summed E-state index contributed by atoms with van der Waals surface area (Å²) in [4.78, 5) is 11.5. The molecular formula is C12H21NO3. The first kappa shape index (κ1) is 11.9. The average molecular weight is 227 g/mol. The zero-order chi connectivity index (χ0) is 11.2. The molecule has 4 heteroatoms. The molecule has 0 aromatic rings. The van der Waals surface area contributed by atoms with Crippen LogP contribution >= 0.6 is 0 Å². The first-order valence-corrected chi connectivity index (χ1v) is 6.36. The Morgan fingerprint density at radius 2 is 1.75 bits per heavy atom. The summed E-state index contributed by atoms with van der Waals surface area (Å²) in [5, 5.41) is 3.26. The van der Waals surface area contributed by atoms with Crippen LogP contribution in [-0.2, 0) is 14.3 Å². The molecule has 92 valence electrons. The van der Waals surface area contributed by atoms with E-state index >= 15 is 0 Å². The predicted molar refractivity (Wildman–Crippen MR) is 60.2 cm³/mol. The Morgan fingerprint density at radius 1 is 1.06 bits per heavy atom. The van der Waals surface area contributed by atoms with Gasteiger partial charge in [0.05, 0.1) is 6.10 Å². The standard InChI is InChI=1S/C12H21NO3/c14-12(16-11-3-1-2-4-11)9-15-10-5-7-13-8-6-10/h10-11,13H,1-9H2. The third-order valence-electron chi connectivity index (χ3n) is 3.32. The van der Waals surface area contributed by atoms with Crippen molar-refractivity contribution in [3.8, 4) is 0 Å². The highest BCUT2D eigenvalue weighted by Gasteiger charge is 2.20. The maximum atomic E-state index is 11.5. The molecule has 0 amide bonds. The molecule has 0 radical (unpaired) electrons. The molecule has 1 saturated heterocycles. The van der Waals surface area contributed by atoms with Crippen molar-refractivity contribution in [2.45, 2.75) is 50.7 Å². The number of carbonyl (C=O) groups is 1. The number of rotatable bonds is 4. The lowest BCUT2D eigenvalue weighted by molar-refractivity contribution is -0.156. The quantitative estimate of drug-likeness (QED) is 0.734. The van der Waals surface area contributed by atoms with Crippen molar-refractivity contribution in [1.82, 2.24) is 5.32 Å². The van der Waals surface area contributed by atoms with Gasteiger partial charge in [0.25, 0.3) is 0 Å². The van der Waals surface area contributed by atoms with E-state index in [0.717, 1.165) is 38.8 Å². The van der Waals surface area contributed by atoms with Crippen LogP contribution in [0.3, 0.4) is 0 Å². The van der Waals surface area contributed by atoms with E-state index in [9.17, 15) is 4.79 Å². The van der Waals surface area contributed by atoms with Crippen LogP contribution in [0.2, 0.25) is 0 Å². The van der Waals surface area contributed by atoms with Crippen LogP contribution in [0.5, 0.6) is 0 Å². The molecule has 1 aliphatic heterocycles. The van der Waals surface area contributed by atoms with Crippen LogP contribution in [0.15, 0.2) is 0 Å². The van der Waals surface area contributed by atoms with Gasteiger partial charge in [0, 0.05) is 0 Å². The molecule has 2 fully saturated rings. The van der Waals surface area contributed by atoms with E-state index in [-0.39, 0.29) is 24.8 Å². The molecule has 16 heavy (non-hydrogen) atoms. The van der Waals surface area contributed by atoms with E-state index in [1.54, 1.807) is 0 Å². The predicted octanol–water partition coefficient (Wildman–Crippen LogP) is 1.24. The molecule has 0 unspecified atom stereocenters. The number of piperidine rings is 1.